The van der Waals surface area contributed by atoms with E-state index in [9.17, 15) is 4.79 Å². The summed E-state index contributed by atoms with van der Waals surface area (Å²) in [6.45, 7) is 3.17. The van der Waals surface area contributed by atoms with Crippen molar-refractivity contribution in [2.75, 3.05) is 6.54 Å². The van der Waals surface area contributed by atoms with Crippen LogP contribution in [0.4, 0.5) is 0 Å². The van der Waals surface area contributed by atoms with Crippen LogP contribution in [0.25, 0.3) is 0 Å². The van der Waals surface area contributed by atoms with Gasteiger partial charge in [0.25, 0.3) is 0 Å². The van der Waals surface area contributed by atoms with E-state index in [1.54, 1.807) is 10.9 Å². The summed E-state index contributed by atoms with van der Waals surface area (Å²) in [4.78, 5) is 11.3. The predicted molar refractivity (Wildman–Crippen MR) is 62.9 cm³/mol. The van der Waals surface area contributed by atoms with E-state index < -0.39 is 0 Å². The summed E-state index contributed by atoms with van der Waals surface area (Å²) in [5.41, 5.74) is 0. The Morgan fingerprint density at radius 1 is 1.71 bits per heavy atom. The fourth-order valence-electron chi connectivity index (χ4n) is 1.03. The minimum atomic E-state index is 0.0259. The fourth-order valence-corrected chi connectivity index (χ4v) is 1.48. The second-order valence-electron chi connectivity index (χ2n) is 3.06. The summed E-state index contributed by atoms with van der Waals surface area (Å²) in [5.74, 6) is 0.0259. The molecule has 0 saturated heterocycles. The molecule has 0 aliphatic rings. The van der Waals surface area contributed by atoms with Gasteiger partial charge in [0.2, 0.25) is 5.91 Å². The second kappa shape index (κ2) is 6.00. The van der Waals surface area contributed by atoms with Crippen LogP contribution in [0.3, 0.4) is 0 Å². The van der Waals surface area contributed by atoms with Crippen molar-refractivity contribution in [2.45, 2.75) is 26.3 Å². The van der Waals surface area contributed by atoms with E-state index in [0.717, 1.165) is 23.0 Å². The average molecular weight is 307 g/mol. The van der Waals surface area contributed by atoms with E-state index in [1.807, 2.05) is 6.20 Å². The van der Waals surface area contributed by atoms with Crippen LogP contribution in [-0.4, -0.2) is 22.2 Å². The first-order chi connectivity index (χ1) is 6.72. The van der Waals surface area contributed by atoms with Crippen molar-refractivity contribution in [3.63, 3.8) is 0 Å². The molecule has 4 nitrogen and oxygen atoms in total. The lowest BCUT2D eigenvalue weighted by atomic mass is 10.3. The molecule has 0 radical (unpaired) electrons. The van der Waals surface area contributed by atoms with Crippen molar-refractivity contribution in [1.29, 1.82) is 0 Å². The molecule has 14 heavy (non-hydrogen) atoms. The van der Waals surface area contributed by atoms with Crippen molar-refractivity contribution in [2.24, 2.45) is 0 Å². The van der Waals surface area contributed by atoms with Crippen LogP contribution in [-0.2, 0) is 11.3 Å². The molecule has 0 aliphatic heterocycles. The van der Waals surface area contributed by atoms with E-state index in [2.05, 4.69) is 39.9 Å². The number of nitrogens with zero attached hydrogens (tertiary/aromatic N) is 2. The lowest BCUT2D eigenvalue weighted by molar-refractivity contribution is -0.121. The molecule has 78 valence electrons. The van der Waals surface area contributed by atoms with Crippen LogP contribution in [0, 0.1) is 3.57 Å². The molecule has 1 aromatic heterocycles. The number of amides is 1. The van der Waals surface area contributed by atoms with Crippen LogP contribution in [0.15, 0.2) is 12.4 Å². The van der Waals surface area contributed by atoms with Gasteiger partial charge in [-0.15, -0.1) is 0 Å². The van der Waals surface area contributed by atoms with E-state index in [1.165, 1.54) is 0 Å². The third-order valence-electron chi connectivity index (χ3n) is 1.76. The third-order valence-corrected chi connectivity index (χ3v) is 2.32. The number of unbranched alkanes of at least 4 members (excludes halogenated alkanes) is 1. The zero-order valence-corrected chi connectivity index (χ0v) is 10.3. The maximum absolute atomic E-state index is 11.3. The number of hydrogen-bond acceptors (Lipinski definition) is 2. The SMILES string of the molecule is CCCCNC(=O)Cn1cc(I)cn1. The smallest absolute Gasteiger partial charge is 0.241 e. The Morgan fingerprint density at radius 2 is 2.50 bits per heavy atom. The first-order valence-electron chi connectivity index (χ1n) is 4.67. The molecule has 1 rings (SSSR count). The van der Waals surface area contributed by atoms with Crippen LogP contribution in [0.1, 0.15) is 19.8 Å². The zero-order chi connectivity index (χ0) is 10.4. The van der Waals surface area contributed by atoms with Gasteiger partial charge in [-0.1, -0.05) is 13.3 Å². The summed E-state index contributed by atoms with van der Waals surface area (Å²) in [7, 11) is 0. The first-order valence-corrected chi connectivity index (χ1v) is 5.75. The Hall–Kier alpha value is -0.590. The molecule has 0 atom stereocenters. The van der Waals surface area contributed by atoms with Gasteiger partial charge in [-0.3, -0.25) is 9.48 Å². The molecular formula is C9H14IN3O. The van der Waals surface area contributed by atoms with Crippen LogP contribution >= 0.6 is 22.6 Å². The van der Waals surface area contributed by atoms with Crippen molar-refractivity contribution < 1.29 is 4.79 Å². The molecule has 0 fully saturated rings. The number of rotatable bonds is 5. The Balaban J connectivity index is 2.27. The molecule has 1 N–H and O–H groups in total. The topological polar surface area (TPSA) is 46.9 Å². The van der Waals surface area contributed by atoms with Gasteiger partial charge >= 0.3 is 0 Å². The number of carbonyl (C=O) groups is 1. The number of hydrogen-bond donors (Lipinski definition) is 1. The molecule has 0 aliphatic carbocycles. The highest BCUT2D eigenvalue weighted by atomic mass is 127. The van der Waals surface area contributed by atoms with Gasteiger partial charge in [0.15, 0.2) is 0 Å². The Kier molecular flexibility index (Phi) is 4.92. The molecule has 1 aromatic rings. The van der Waals surface area contributed by atoms with Crippen LogP contribution < -0.4 is 5.32 Å². The van der Waals surface area contributed by atoms with Gasteiger partial charge < -0.3 is 5.32 Å². The van der Waals surface area contributed by atoms with E-state index in [4.69, 9.17) is 0 Å². The van der Waals surface area contributed by atoms with Gasteiger partial charge in [0, 0.05) is 12.7 Å². The molecule has 0 aromatic carbocycles. The van der Waals surface area contributed by atoms with E-state index in [-0.39, 0.29) is 5.91 Å². The molecule has 0 unspecified atom stereocenters. The first kappa shape index (κ1) is 11.5. The number of aromatic nitrogens is 2. The van der Waals surface area contributed by atoms with E-state index >= 15 is 0 Å². The minimum absolute atomic E-state index is 0.0259. The normalized spacial score (nSPS) is 10.1. The molecule has 0 saturated carbocycles. The Labute approximate surface area is 97.2 Å². The largest absolute Gasteiger partial charge is 0.354 e. The van der Waals surface area contributed by atoms with Crippen LogP contribution in [0.5, 0.6) is 0 Å². The molecule has 1 amide bonds. The van der Waals surface area contributed by atoms with Crippen molar-refractivity contribution >= 4 is 28.5 Å². The van der Waals surface area contributed by atoms with E-state index in [0.29, 0.717) is 6.54 Å². The van der Waals surface area contributed by atoms with Crippen LogP contribution in [0.2, 0.25) is 0 Å². The number of carbonyl (C=O) groups excluding carboxylic acids is 1. The number of nitrogens with one attached hydrogen (secondary N) is 1. The molecule has 1 heterocycles. The predicted octanol–water partition coefficient (Wildman–Crippen LogP) is 1.40. The second-order valence-corrected chi connectivity index (χ2v) is 4.31. The highest BCUT2D eigenvalue weighted by molar-refractivity contribution is 14.1. The highest BCUT2D eigenvalue weighted by Crippen LogP contribution is 2.00. The fraction of sp³-hybridized carbons (Fsp3) is 0.556. The maximum atomic E-state index is 11.3. The monoisotopic (exact) mass is 307 g/mol. The van der Waals surface area contributed by atoms with Crippen molar-refractivity contribution in [3.05, 3.63) is 16.0 Å². The van der Waals surface area contributed by atoms with Gasteiger partial charge in [-0.05, 0) is 29.0 Å². The molecule has 5 heteroatoms. The van der Waals surface area contributed by atoms with Gasteiger partial charge in [-0.2, -0.15) is 5.10 Å². The number of halogens is 1. The van der Waals surface area contributed by atoms with Crippen molar-refractivity contribution in [1.82, 2.24) is 15.1 Å². The standard InChI is InChI=1S/C9H14IN3O/c1-2-3-4-11-9(14)7-13-6-8(10)5-12-13/h5-6H,2-4,7H2,1H3,(H,11,14). The molecule has 0 bridgehead atoms. The summed E-state index contributed by atoms with van der Waals surface area (Å²) in [5, 5.41) is 6.87. The van der Waals surface area contributed by atoms with Gasteiger partial charge in [0.05, 0.1) is 9.77 Å². The van der Waals surface area contributed by atoms with Gasteiger partial charge in [0.1, 0.15) is 6.54 Å². The molecule has 0 spiro atoms. The summed E-state index contributed by atoms with van der Waals surface area (Å²) >= 11 is 2.17. The minimum Gasteiger partial charge on any atom is -0.354 e. The highest BCUT2D eigenvalue weighted by Gasteiger charge is 2.02. The summed E-state index contributed by atoms with van der Waals surface area (Å²) in [6, 6.07) is 0. The quantitative estimate of drug-likeness (QED) is 0.660. The zero-order valence-electron chi connectivity index (χ0n) is 8.16. The lowest BCUT2D eigenvalue weighted by Gasteiger charge is -2.03. The summed E-state index contributed by atoms with van der Waals surface area (Å²) in [6.07, 6.45) is 5.71. The van der Waals surface area contributed by atoms with Crippen molar-refractivity contribution in [3.8, 4) is 0 Å². The molecular weight excluding hydrogens is 293 g/mol. The maximum Gasteiger partial charge on any atom is 0.241 e. The Morgan fingerprint density at radius 3 is 3.07 bits per heavy atom. The third kappa shape index (κ3) is 4.08. The Bertz CT molecular complexity index is 298. The lowest BCUT2D eigenvalue weighted by Crippen LogP contribution is -2.28. The van der Waals surface area contributed by atoms with Gasteiger partial charge in [-0.25, -0.2) is 0 Å². The summed E-state index contributed by atoms with van der Waals surface area (Å²) < 4.78 is 2.69. The average Bonchev–Trinajstić information content (AvgIpc) is 2.52.